The van der Waals surface area contributed by atoms with E-state index in [1.807, 2.05) is 0 Å². The maximum Gasteiger partial charge on any atom is 0.416 e. The largest absolute Gasteiger partial charge is 0.465 e. The van der Waals surface area contributed by atoms with Gasteiger partial charge in [-0.05, 0) is 24.1 Å². The molecule has 2 rings (SSSR count). The van der Waals surface area contributed by atoms with Crippen molar-refractivity contribution in [3.05, 3.63) is 35.4 Å². The molecule has 22 heavy (non-hydrogen) atoms. The van der Waals surface area contributed by atoms with Gasteiger partial charge < -0.3 is 19.8 Å². The molecule has 1 aromatic carbocycles. The van der Waals surface area contributed by atoms with E-state index in [2.05, 4.69) is 0 Å². The highest BCUT2D eigenvalue weighted by Crippen LogP contribution is 2.29. The van der Waals surface area contributed by atoms with E-state index in [1.165, 1.54) is 12.1 Å². The minimum absolute atomic E-state index is 0.0388. The summed E-state index contributed by atoms with van der Waals surface area (Å²) in [4.78, 5) is 12.4. The number of nitrogens with zero attached hydrogens (tertiary/aromatic N) is 1. The fourth-order valence-electron chi connectivity index (χ4n) is 2.37. The zero-order valence-electron chi connectivity index (χ0n) is 11.6. The summed E-state index contributed by atoms with van der Waals surface area (Å²) >= 11 is 0. The second-order valence-corrected chi connectivity index (χ2v) is 5.13. The summed E-state index contributed by atoms with van der Waals surface area (Å²) in [6, 6.07) is 4.13. The fourth-order valence-corrected chi connectivity index (χ4v) is 2.37. The Labute approximate surface area is 124 Å². The van der Waals surface area contributed by atoms with Crippen LogP contribution in [0.4, 0.5) is 18.0 Å². The number of morpholine rings is 1. The Hall–Kier alpha value is -1.80. The minimum Gasteiger partial charge on any atom is -0.465 e. The van der Waals surface area contributed by atoms with Crippen molar-refractivity contribution >= 4 is 6.09 Å². The van der Waals surface area contributed by atoms with E-state index >= 15 is 0 Å². The number of hydrogen-bond donors (Lipinski definition) is 2. The first-order chi connectivity index (χ1) is 10.3. The van der Waals surface area contributed by atoms with E-state index < -0.39 is 30.0 Å². The first-order valence-electron chi connectivity index (χ1n) is 6.69. The molecule has 0 aliphatic carbocycles. The minimum atomic E-state index is -4.39. The summed E-state index contributed by atoms with van der Waals surface area (Å²) in [7, 11) is 0. The normalized spacial score (nSPS) is 22.6. The first-order valence-corrected chi connectivity index (χ1v) is 6.69. The Balaban J connectivity index is 2.07. The number of aliphatic hydroxyl groups is 1. The number of ether oxygens (including phenoxy) is 1. The van der Waals surface area contributed by atoms with Gasteiger partial charge in [0.2, 0.25) is 0 Å². The monoisotopic (exact) mass is 319 g/mol. The molecule has 8 heteroatoms. The average molecular weight is 319 g/mol. The van der Waals surface area contributed by atoms with Crippen molar-refractivity contribution in [2.24, 2.45) is 0 Å². The van der Waals surface area contributed by atoms with Gasteiger partial charge in [-0.25, -0.2) is 4.79 Å². The van der Waals surface area contributed by atoms with Crippen molar-refractivity contribution in [3.63, 3.8) is 0 Å². The molecule has 1 amide bonds. The summed E-state index contributed by atoms with van der Waals surface area (Å²) in [6.45, 7) is -0.146. The Kier molecular flexibility index (Phi) is 4.92. The molecule has 0 aromatic heterocycles. The number of rotatable bonds is 3. The second kappa shape index (κ2) is 6.53. The number of aliphatic hydroxyl groups excluding tert-OH is 1. The number of alkyl halides is 3. The van der Waals surface area contributed by atoms with Gasteiger partial charge in [0.05, 0.1) is 37.5 Å². The lowest BCUT2D eigenvalue weighted by molar-refractivity contribution is -0.137. The molecule has 1 aliphatic rings. The lowest BCUT2D eigenvalue weighted by Gasteiger charge is -2.37. The van der Waals surface area contributed by atoms with Gasteiger partial charge in [0.1, 0.15) is 0 Å². The van der Waals surface area contributed by atoms with Crippen LogP contribution in [0.15, 0.2) is 24.3 Å². The van der Waals surface area contributed by atoms with Crippen molar-refractivity contribution < 1.29 is 32.9 Å². The number of carbonyl (C=O) groups is 1. The number of halogens is 3. The summed E-state index contributed by atoms with van der Waals surface area (Å²) < 4.78 is 42.8. The predicted octanol–water partition coefficient (Wildman–Crippen LogP) is 1.99. The van der Waals surface area contributed by atoms with Crippen LogP contribution in [0.3, 0.4) is 0 Å². The average Bonchev–Trinajstić information content (AvgIpc) is 2.47. The van der Waals surface area contributed by atoms with Gasteiger partial charge >= 0.3 is 12.3 Å². The SMILES string of the molecule is O=C(O)N1C[C@H](CO)OC[C@@H]1Cc1ccc(C(F)(F)F)cc1. The van der Waals surface area contributed by atoms with Crippen molar-refractivity contribution in [3.8, 4) is 0 Å². The van der Waals surface area contributed by atoms with Gasteiger partial charge in [0, 0.05) is 0 Å². The topological polar surface area (TPSA) is 70.0 Å². The Morgan fingerprint density at radius 3 is 2.45 bits per heavy atom. The maximum absolute atomic E-state index is 12.5. The predicted molar refractivity (Wildman–Crippen MR) is 70.5 cm³/mol. The van der Waals surface area contributed by atoms with Crippen LogP contribution in [0.2, 0.25) is 0 Å². The first kappa shape index (κ1) is 16.6. The van der Waals surface area contributed by atoms with E-state index in [1.54, 1.807) is 0 Å². The maximum atomic E-state index is 12.5. The van der Waals surface area contributed by atoms with Gasteiger partial charge in [0.25, 0.3) is 0 Å². The molecule has 0 unspecified atom stereocenters. The Morgan fingerprint density at radius 2 is 1.95 bits per heavy atom. The number of carboxylic acid groups (broad SMARTS) is 1. The third-order valence-corrected chi connectivity index (χ3v) is 3.57. The van der Waals surface area contributed by atoms with Gasteiger partial charge in [-0.15, -0.1) is 0 Å². The summed E-state index contributed by atoms with van der Waals surface area (Å²) in [5.74, 6) is 0. The molecule has 0 spiro atoms. The molecule has 0 radical (unpaired) electrons. The molecule has 0 bridgehead atoms. The molecular formula is C14H16F3NO4. The van der Waals surface area contributed by atoms with Crippen LogP contribution in [0.5, 0.6) is 0 Å². The Morgan fingerprint density at radius 1 is 1.32 bits per heavy atom. The zero-order chi connectivity index (χ0) is 16.3. The molecule has 1 fully saturated rings. The third-order valence-electron chi connectivity index (χ3n) is 3.57. The van der Waals surface area contributed by atoms with Crippen LogP contribution in [0, 0.1) is 0 Å². The van der Waals surface area contributed by atoms with Crippen LogP contribution < -0.4 is 0 Å². The van der Waals surface area contributed by atoms with Crippen molar-refractivity contribution in [1.82, 2.24) is 4.90 Å². The second-order valence-electron chi connectivity index (χ2n) is 5.13. The van der Waals surface area contributed by atoms with Gasteiger partial charge in [-0.3, -0.25) is 0 Å². The number of hydrogen-bond acceptors (Lipinski definition) is 3. The van der Waals surface area contributed by atoms with Crippen molar-refractivity contribution in [2.75, 3.05) is 19.8 Å². The van der Waals surface area contributed by atoms with Crippen LogP contribution in [0.25, 0.3) is 0 Å². The summed E-state index contributed by atoms with van der Waals surface area (Å²) in [5, 5.41) is 18.2. The molecule has 0 saturated carbocycles. The molecule has 2 N–H and O–H groups in total. The number of amides is 1. The number of benzene rings is 1. The van der Waals surface area contributed by atoms with Crippen molar-refractivity contribution in [1.29, 1.82) is 0 Å². The lowest BCUT2D eigenvalue weighted by Crippen LogP contribution is -2.53. The van der Waals surface area contributed by atoms with E-state index in [0.29, 0.717) is 5.56 Å². The molecule has 1 saturated heterocycles. The third kappa shape index (κ3) is 3.89. The van der Waals surface area contributed by atoms with Gasteiger partial charge in [-0.2, -0.15) is 13.2 Å². The molecule has 1 heterocycles. The molecule has 5 nitrogen and oxygen atoms in total. The fraction of sp³-hybridized carbons (Fsp3) is 0.500. The lowest BCUT2D eigenvalue weighted by atomic mass is 10.0. The van der Waals surface area contributed by atoms with Crippen LogP contribution in [-0.4, -0.2) is 53.1 Å². The molecule has 1 aromatic rings. The van der Waals surface area contributed by atoms with Gasteiger partial charge in [-0.1, -0.05) is 12.1 Å². The highest BCUT2D eigenvalue weighted by molar-refractivity contribution is 5.65. The highest BCUT2D eigenvalue weighted by atomic mass is 19.4. The highest BCUT2D eigenvalue weighted by Gasteiger charge is 2.33. The van der Waals surface area contributed by atoms with Crippen LogP contribution in [0.1, 0.15) is 11.1 Å². The van der Waals surface area contributed by atoms with Gasteiger partial charge in [0.15, 0.2) is 0 Å². The van der Waals surface area contributed by atoms with E-state index in [0.717, 1.165) is 17.0 Å². The summed E-state index contributed by atoms with van der Waals surface area (Å²) in [6.07, 6.45) is -5.85. The summed E-state index contributed by atoms with van der Waals surface area (Å²) in [5.41, 5.74) is -0.151. The smallest absolute Gasteiger partial charge is 0.416 e. The Bertz CT molecular complexity index is 518. The van der Waals surface area contributed by atoms with Crippen molar-refractivity contribution in [2.45, 2.75) is 24.7 Å². The van der Waals surface area contributed by atoms with E-state index in [9.17, 15) is 23.1 Å². The standard InChI is InChI=1S/C14H16F3NO4/c15-14(16,17)10-3-1-9(2-4-10)5-11-8-22-12(7-19)6-18(11)13(20)21/h1-4,11-12,19H,5-8H2,(H,20,21)/t11-,12+/m0/s1. The molecular weight excluding hydrogens is 303 g/mol. The zero-order valence-corrected chi connectivity index (χ0v) is 11.6. The van der Waals surface area contributed by atoms with Crippen LogP contribution >= 0.6 is 0 Å². The van der Waals surface area contributed by atoms with Crippen LogP contribution in [-0.2, 0) is 17.3 Å². The molecule has 2 atom stereocenters. The quantitative estimate of drug-likeness (QED) is 0.894. The molecule has 1 aliphatic heterocycles. The molecule has 122 valence electrons. The van der Waals surface area contributed by atoms with E-state index in [4.69, 9.17) is 9.84 Å². The van der Waals surface area contributed by atoms with E-state index in [-0.39, 0.29) is 26.2 Å².